The van der Waals surface area contributed by atoms with Gasteiger partial charge in [0.05, 0.1) is 0 Å². The molecule has 16 heteroatoms. The molecule has 4 amide bonds. The third kappa shape index (κ3) is 18.6. The first kappa shape index (κ1) is 52.7. The first-order valence-corrected chi connectivity index (χ1v) is 18.1. The Morgan fingerprint density at radius 3 is 1.51 bits per heavy atom. The van der Waals surface area contributed by atoms with E-state index in [1.165, 1.54) is 0 Å². The van der Waals surface area contributed by atoms with Gasteiger partial charge in [0.1, 0.15) is 18.1 Å². The van der Waals surface area contributed by atoms with E-state index >= 15 is 0 Å². The summed E-state index contributed by atoms with van der Waals surface area (Å²) < 4.78 is 5.82. The van der Waals surface area contributed by atoms with Crippen LogP contribution in [0.1, 0.15) is 23.7 Å². The number of nitrogens with two attached hydrogens (primary N) is 3. The molecule has 12 nitrogen and oxygen atoms in total. The van der Waals surface area contributed by atoms with E-state index in [0.29, 0.717) is 41.0 Å². The maximum absolute atomic E-state index is 10.9. The summed E-state index contributed by atoms with van der Waals surface area (Å²) in [5, 5.41) is 25.0. The van der Waals surface area contributed by atoms with Crippen molar-refractivity contribution in [1.82, 2.24) is 0 Å². The first-order valence-electron chi connectivity index (χ1n) is 17.3. The first-order chi connectivity index (χ1) is 27.5. The molecule has 0 aliphatic carbocycles. The molecule has 0 aliphatic rings. The molecule has 0 saturated carbocycles. The third-order valence-electron chi connectivity index (χ3n) is 8.05. The van der Waals surface area contributed by atoms with Gasteiger partial charge >= 0.3 is 150 Å². The molecule has 0 radical (unpaired) electrons. The zero-order chi connectivity index (χ0) is 41.2. The van der Waals surface area contributed by atoms with Gasteiger partial charge in [-0.05, 0) is 119 Å². The normalized spacial score (nSPS) is 9.76. The molecule has 0 aromatic heterocycles. The summed E-state index contributed by atoms with van der Waals surface area (Å²) in [4.78, 5) is 33.0. The number of nitrogens with one attached hydrogen (secondary N) is 2. The molecule has 6 aromatic carbocycles. The number of carbonyl (C=O) groups excluding carboxylic acids is 3. The third-order valence-corrected chi connectivity index (χ3v) is 8.52. The zero-order valence-electron chi connectivity index (χ0n) is 33.5. The Labute approximate surface area is 471 Å². The zero-order valence-corrected chi connectivity index (χ0v) is 46.6. The smallest absolute Gasteiger partial charge is 1.00 e. The number of benzene rings is 6. The van der Waals surface area contributed by atoms with Gasteiger partial charge < -0.3 is 49.2 Å². The molecule has 0 spiro atoms. The minimum atomic E-state index is -0.586. The van der Waals surface area contributed by atoms with E-state index in [2.05, 4.69) is 21.6 Å². The Kier molecular flexibility index (Phi) is 25.2. The van der Waals surface area contributed by atoms with Crippen molar-refractivity contribution in [2.75, 3.05) is 23.8 Å². The summed E-state index contributed by atoms with van der Waals surface area (Å²) in [6, 6.07) is 40.6. The second-order valence-electron chi connectivity index (χ2n) is 12.3. The summed E-state index contributed by atoms with van der Waals surface area (Å²) in [5.74, 6) is 0.990. The molecule has 9 N–H and O–H groups in total. The number of hydrogen-bond donors (Lipinski definition) is 6. The van der Waals surface area contributed by atoms with Gasteiger partial charge in [0.2, 0.25) is 0 Å². The number of anilines is 2. The van der Waals surface area contributed by atoms with Crippen LogP contribution in [0.15, 0.2) is 133 Å². The number of amides is 4. The molecule has 6 rings (SSSR count). The van der Waals surface area contributed by atoms with Crippen LogP contribution in [0.2, 0.25) is 10.0 Å². The molecule has 0 fully saturated rings. The van der Waals surface area contributed by atoms with Crippen LogP contribution in [0.4, 0.5) is 21.0 Å². The second-order valence-corrected chi connectivity index (χ2v) is 13.1. The number of primary amides is 2. The number of carbonyl (C=O) groups is 3. The standard InChI is InChI=1S/C22H22ClN3O2.C20H17ClN2O2.CH2O3.2Cs.H/c23-18-3-1-2-17(14-18)20-13-16(6-9-21(20)28-11-10-24)12-15-4-7-19(8-5-15)26-22(25)27;21-16-3-1-2-15(12-16)18-11-14(6-9-19(18)24)10-13-4-7-17(8-5-13)23-20(22)25;2-1-4-3;;;/h1-9,13-14H,10-12,24H2,(H3,25,26,27);1-9,11-12,24H,10H2,(H3,22,23,25);1,3H;;;/q;;;2*+1;-1/p-1. The van der Waals surface area contributed by atoms with Crippen LogP contribution in [0.3, 0.4) is 0 Å². The van der Waals surface area contributed by atoms with E-state index in [1.807, 2.05) is 103 Å². The van der Waals surface area contributed by atoms with E-state index in [0.717, 1.165) is 56.7 Å². The molecule has 0 aliphatic heterocycles. The molecule has 0 bridgehead atoms. The van der Waals surface area contributed by atoms with Gasteiger partial charge in [-0.1, -0.05) is 83.9 Å². The van der Waals surface area contributed by atoms with Crippen molar-refractivity contribution in [3.05, 3.63) is 166 Å². The van der Waals surface area contributed by atoms with E-state index in [9.17, 15) is 14.7 Å². The van der Waals surface area contributed by atoms with Crippen LogP contribution in [-0.2, 0) is 22.5 Å². The van der Waals surface area contributed by atoms with E-state index < -0.39 is 12.1 Å². The number of phenolic OH excluding ortho intramolecular Hbond substituents is 1. The number of halogens is 2. The van der Waals surface area contributed by atoms with Crippen molar-refractivity contribution in [3.8, 4) is 33.8 Å². The Bertz CT molecular complexity index is 2280. The molecule has 0 unspecified atom stereocenters. The summed E-state index contributed by atoms with van der Waals surface area (Å²) in [6.45, 7) is 0.712. The topological polar surface area (TPSA) is 215 Å². The van der Waals surface area contributed by atoms with Gasteiger partial charge in [-0.3, -0.25) is 4.79 Å². The Morgan fingerprint density at radius 2 is 1.08 bits per heavy atom. The van der Waals surface area contributed by atoms with E-state index in [-0.39, 0.29) is 151 Å². The van der Waals surface area contributed by atoms with Gasteiger partial charge in [0.25, 0.3) is 6.47 Å². The summed E-state index contributed by atoms with van der Waals surface area (Å²) in [5.41, 5.74) is 25.1. The minimum Gasteiger partial charge on any atom is -1.00 e. The van der Waals surface area contributed by atoms with E-state index in [1.54, 1.807) is 24.3 Å². The Hall–Kier alpha value is -2.47. The SMILES string of the molecule is NC(=O)Nc1ccc(Cc2ccc(O)c(-c3cccc(Cl)c3)c2)cc1.NCCOc1ccc(Cc2ccc(NC(N)=O)cc2)cc1-c1cccc(Cl)c1.O=CO[O-].[Cs+].[Cs+].[H-]. The van der Waals surface area contributed by atoms with Gasteiger partial charge in [0, 0.05) is 39.1 Å². The predicted molar refractivity (Wildman–Crippen MR) is 223 cm³/mol. The van der Waals surface area contributed by atoms with Crippen molar-refractivity contribution in [2.45, 2.75) is 12.8 Å². The fraction of sp³-hybridized carbons (Fsp3) is 0.0930. The van der Waals surface area contributed by atoms with Crippen LogP contribution < -0.4 is 176 Å². The largest absolute Gasteiger partial charge is 1.00 e. The van der Waals surface area contributed by atoms with Gasteiger partial charge in [0.15, 0.2) is 0 Å². The quantitative estimate of drug-likeness (QED) is 0.0603. The maximum atomic E-state index is 10.9. The van der Waals surface area contributed by atoms with Crippen LogP contribution in [0.5, 0.6) is 11.5 Å². The fourth-order valence-electron chi connectivity index (χ4n) is 5.61. The Balaban J connectivity index is 0.000000529. The second kappa shape index (κ2) is 28.2. The van der Waals surface area contributed by atoms with E-state index in [4.69, 9.17) is 55.2 Å². The number of urea groups is 2. The fourth-order valence-corrected chi connectivity index (χ4v) is 5.99. The number of ether oxygens (including phenoxy) is 1. The number of aromatic hydroxyl groups is 1. The minimum absolute atomic E-state index is 0. The van der Waals surface area contributed by atoms with Crippen LogP contribution in [0.25, 0.3) is 22.3 Å². The van der Waals surface area contributed by atoms with Gasteiger partial charge in [-0.2, -0.15) is 0 Å². The molecule has 0 saturated heterocycles. The molecular weight excluding hydrogens is 1040 g/mol. The average Bonchev–Trinajstić information content (AvgIpc) is 3.19. The van der Waals surface area contributed by atoms with Crippen LogP contribution in [-0.4, -0.2) is 36.8 Å². The molecule has 59 heavy (non-hydrogen) atoms. The predicted octanol–water partition coefficient (Wildman–Crippen LogP) is 1.78. The molecule has 6 aromatic rings. The molecule has 0 atom stereocenters. The summed E-state index contributed by atoms with van der Waals surface area (Å²) in [7, 11) is 0. The van der Waals surface area contributed by atoms with Crippen molar-refractivity contribution in [3.63, 3.8) is 0 Å². The number of phenols is 1. The molecule has 0 heterocycles. The number of hydrogen-bond acceptors (Lipinski definition) is 8. The van der Waals surface area contributed by atoms with Crippen LogP contribution in [0, 0.1) is 0 Å². The van der Waals surface area contributed by atoms with Crippen molar-refractivity contribution >= 4 is 53.1 Å². The molecule has 296 valence electrons. The van der Waals surface area contributed by atoms with Gasteiger partial charge in [-0.15, -0.1) is 0 Å². The van der Waals surface area contributed by atoms with Gasteiger partial charge in [-0.25, -0.2) is 9.59 Å². The van der Waals surface area contributed by atoms with Crippen molar-refractivity contribution in [2.24, 2.45) is 17.2 Å². The molecular formula is C43H41Cl2Cs2N5O7. The summed E-state index contributed by atoms with van der Waals surface area (Å²) in [6.07, 6.45) is 1.44. The van der Waals surface area contributed by atoms with Crippen molar-refractivity contribution < 1.29 is 174 Å². The Morgan fingerprint density at radius 1 is 0.661 bits per heavy atom. The monoisotopic (exact) mass is 1080 g/mol. The maximum Gasteiger partial charge on any atom is 1.00 e. The van der Waals surface area contributed by atoms with Crippen molar-refractivity contribution in [1.29, 1.82) is 0 Å². The van der Waals surface area contributed by atoms with Crippen LogP contribution >= 0.6 is 23.2 Å². The summed E-state index contributed by atoms with van der Waals surface area (Å²) >= 11 is 12.2. The number of rotatable bonds is 12. The average molecular weight is 1080 g/mol.